The highest BCUT2D eigenvalue weighted by Crippen LogP contribution is 2.11. The van der Waals surface area contributed by atoms with Crippen LogP contribution in [-0.2, 0) is 16.1 Å². The van der Waals surface area contributed by atoms with Crippen LogP contribution in [0.5, 0.6) is 0 Å². The van der Waals surface area contributed by atoms with Crippen molar-refractivity contribution in [3.63, 3.8) is 0 Å². The second-order valence-electron chi connectivity index (χ2n) is 2.94. The molecule has 0 aliphatic carbocycles. The highest BCUT2D eigenvalue weighted by atomic mass is 79.9. The van der Waals surface area contributed by atoms with Gasteiger partial charge in [0.1, 0.15) is 0 Å². The maximum atomic E-state index is 10.9. The van der Waals surface area contributed by atoms with Crippen LogP contribution in [-0.4, -0.2) is 24.1 Å². The van der Waals surface area contributed by atoms with Crippen molar-refractivity contribution in [1.29, 1.82) is 0 Å². The lowest BCUT2D eigenvalue weighted by molar-refractivity contribution is -0.138. The molecular weight excluding hydrogens is 246 g/mol. The molecule has 1 aromatic rings. The number of hydrogen-bond acceptors (Lipinski definition) is 2. The topological polar surface area (TPSA) is 37.4 Å². The zero-order valence-electron chi connectivity index (χ0n) is 7.74. The molecule has 0 aliphatic heterocycles. The van der Waals surface area contributed by atoms with E-state index >= 15 is 0 Å². The standard InChI is InChI=1S/C10H10BrNO2/c1-12(10(14)7-13)6-8-2-4-9(11)5-3-8/h2-5,7H,6H2,1H3. The molecule has 0 spiro atoms. The van der Waals surface area contributed by atoms with Crippen molar-refractivity contribution in [1.82, 2.24) is 4.90 Å². The minimum absolute atomic E-state index is 0.318. The van der Waals surface area contributed by atoms with E-state index in [-0.39, 0.29) is 0 Å². The maximum Gasteiger partial charge on any atom is 0.286 e. The number of benzene rings is 1. The molecule has 0 saturated carbocycles. The van der Waals surface area contributed by atoms with Gasteiger partial charge in [-0.15, -0.1) is 0 Å². The van der Waals surface area contributed by atoms with Gasteiger partial charge in [0.25, 0.3) is 5.91 Å². The van der Waals surface area contributed by atoms with Gasteiger partial charge in [0.15, 0.2) is 0 Å². The lowest BCUT2D eigenvalue weighted by Gasteiger charge is -2.13. The van der Waals surface area contributed by atoms with Gasteiger partial charge >= 0.3 is 0 Å². The van der Waals surface area contributed by atoms with Gasteiger partial charge in [-0.3, -0.25) is 9.59 Å². The van der Waals surface area contributed by atoms with Crippen molar-refractivity contribution < 1.29 is 9.59 Å². The SMILES string of the molecule is CN(Cc1ccc(Br)cc1)C(=O)C=O. The molecule has 0 saturated heterocycles. The molecule has 0 aliphatic rings. The third-order valence-electron chi connectivity index (χ3n) is 1.81. The van der Waals surface area contributed by atoms with Crippen LogP contribution in [0.15, 0.2) is 28.7 Å². The third-order valence-corrected chi connectivity index (χ3v) is 2.34. The number of rotatable bonds is 3. The molecule has 0 aromatic heterocycles. The van der Waals surface area contributed by atoms with E-state index in [0.717, 1.165) is 10.0 Å². The van der Waals surface area contributed by atoms with E-state index in [9.17, 15) is 9.59 Å². The number of carbonyl (C=O) groups is 2. The summed E-state index contributed by atoms with van der Waals surface area (Å²) in [6.07, 6.45) is 0.318. The summed E-state index contributed by atoms with van der Waals surface area (Å²) in [5, 5.41) is 0. The molecule has 1 rings (SSSR count). The van der Waals surface area contributed by atoms with Gasteiger partial charge in [0.2, 0.25) is 6.29 Å². The first kappa shape index (κ1) is 10.9. The zero-order valence-corrected chi connectivity index (χ0v) is 9.32. The Morgan fingerprint density at radius 3 is 2.50 bits per heavy atom. The van der Waals surface area contributed by atoms with Crippen LogP contribution in [0.1, 0.15) is 5.56 Å². The smallest absolute Gasteiger partial charge is 0.286 e. The Hall–Kier alpha value is -1.16. The maximum absolute atomic E-state index is 10.9. The van der Waals surface area contributed by atoms with Gasteiger partial charge < -0.3 is 4.90 Å². The van der Waals surface area contributed by atoms with Crippen LogP contribution in [0.2, 0.25) is 0 Å². The minimum atomic E-state index is -0.507. The molecule has 0 fully saturated rings. The molecule has 3 nitrogen and oxygen atoms in total. The fourth-order valence-corrected chi connectivity index (χ4v) is 1.30. The summed E-state index contributed by atoms with van der Waals surface area (Å²) in [7, 11) is 1.60. The lowest BCUT2D eigenvalue weighted by atomic mass is 10.2. The van der Waals surface area contributed by atoms with Crippen molar-refractivity contribution in [2.24, 2.45) is 0 Å². The van der Waals surface area contributed by atoms with Crippen LogP contribution >= 0.6 is 15.9 Å². The highest BCUT2D eigenvalue weighted by Gasteiger charge is 2.06. The van der Waals surface area contributed by atoms with E-state index in [1.807, 2.05) is 24.3 Å². The molecule has 1 aromatic carbocycles. The highest BCUT2D eigenvalue weighted by molar-refractivity contribution is 9.10. The van der Waals surface area contributed by atoms with Crippen LogP contribution < -0.4 is 0 Å². The second-order valence-corrected chi connectivity index (χ2v) is 3.85. The minimum Gasteiger partial charge on any atom is -0.335 e. The summed E-state index contributed by atoms with van der Waals surface area (Å²) in [5.41, 5.74) is 0.992. The Kier molecular flexibility index (Phi) is 3.83. The predicted octanol–water partition coefficient (Wildman–Crippen LogP) is 1.61. The summed E-state index contributed by atoms with van der Waals surface area (Å²) >= 11 is 3.32. The van der Waals surface area contributed by atoms with E-state index in [2.05, 4.69) is 15.9 Å². The van der Waals surface area contributed by atoms with Gasteiger partial charge in [0.05, 0.1) is 0 Å². The average Bonchev–Trinajstić information content (AvgIpc) is 2.20. The Balaban J connectivity index is 2.64. The third kappa shape index (κ3) is 2.96. The van der Waals surface area contributed by atoms with Gasteiger partial charge in [-0.05, 0) is 17.7 Å². The largest absolute Gasteiger partial charge is 0.335 e. The molecule has 74 valence electrons. The van der Waals surface area contributed by atoms with E-state index in [1.54, 1.807) is 7.05 Å². The number of likely N-dealkylation sites (N-methyl/N-ethyl adjacent to an activating group) is 1. The number of hydrogen-bond donors (Lipinski definition) is 0. The number of amides is 1. The fourth-order valence-electron chi connectivity index (χ4n) is 1.03. The summed E-state index contributed by atoms with van der Waals surface area (Å²) in [6, 6.07) is 7.60. The molecule has 0 unspecified atom stereocenters. The monoisotopic (exact) mass is 255 g/mol. The molecule has 0 atom stereocenters. The first-order chi connectivity index (χ1) is 6.63. The molecular formula is C10H10BrNO2. The molecule has 0 bridgehead atoms. The summed E-state index contributed by atoms with van der Waals surface area (Å²) in [5.74, 6) is -0.507. The Labute approximate surface area is 90.8 Å². The quantitative estimate of drug-likeness (QED) is 0.608. The molecule has 14 heavy (non-hydrogen) atoms. The Morgan fingerprint density at radius 2 is 2.00 bits per heavy atom. The van der Waals surface area contributed by atoms with Crippen molar-refractivity contribution in [2.75, 3.05) is 7.05 Å². The van der Waals surface area contributed by atoms with E-state index < -0.39 is 5.91 Å². The van der Waals surface area contributed by atoms with Gasteiger partial charge in [-0.25, -0.2) is 0 Å². The van der Waals surface area contributed by atoms with Crippen molar-refractivity contribution in [3.8, 4) is 0 Å². The fraction of sp³-hybridized carbons (Fsp3) is 0.200. The molecule has 0 radical (unpaired) electrons. The summed E-state index contributed by atoms with van der Waals surface area (Å²) in [4.78, 5) is 22.5. The number of carbonyl (C=O) groups excluding carboxylic acids is 2. The van der Waals surface area contributed by atoms with Crippen LogP contribution in [0.25, 0.3) is 0 Å². The van der Waals surface area contributed by atoms with Gasteiger partial charge in [0, 0.05) is 18.1 Å². The average molecular weight is 256 g/mol. The molecule has 0 N–H and O–H groups in total. The van der Waals surface area contributed by atoms with Crippen LogP contribution in [0.4, 0.5) is 0 Å². The number of nitrogens with zero attached hydrogens (tertiary/aromatic N) is 1. The van der Waals surface area contributed by atoms with Crippen molar-refractivity contribution >= 4 is 28.1 Å². The molecule has 4 heteroatoms. The van der Waals surface area contributed by atoms with E-state index in [0.29, 0.717) is 12.8 Å². The lowest BCUT2D eigenvalue weighted by Crippen LogP contribution is -2.26. The first-order valence-corrected chi connectivity index (χ1v) is 4.87. The predicted molar refractivity (Wildman–Crippen MR) is 56.7 cm³/mol. The first-order valence-electron chi connectivity index (χ1n) is 4.08. The number of aldehydes is 1. The van der Waals surface area contributed by atoms with Gasteiger partial charge in [-0.1, -0.05) is 28.1 Å². The zero-order chi connectivity index (χ0) is 10.6. The molecule has 0 heterocycles. The summed E-state index contributed by atoms with van der Waals surface area (Å²) in [6.45, 7) is 0.449. The normalized spacial score (nSPS) is 9.57. The van der Waals surface area contributed by atoms with Crippen molar-refractivity contribution in [3.05, 3.63) is 34.3 Å². The summed E-state index contributed by atoms with van der Waals surface area (Å²) < 4.78 is 0.991. The molecule has 1 amide bonds. The Bertz CT molecular complexity index is 334. The van der Waals surface area contributed by atoms with Gasteiger partial charge in [-0.2, -0.15) is 0 Å². The number of halogens is 1. The Morgan fingerprint density at radius 1 is 1.43 bits per heavy atom. The van der Waals surface area contributed by atoms with Crippen molar-refractivity contribution in [2.45, 2.75) is 6.54 Å². The second kappa shape index (κ2) is 4.91. The van der Waals surface area contributed by atoms with E-state index in [1.165, 1.54) is 4.90 Å². The van der Waals surface area contributed by atoms with Crippen LogP contribution in [0, 0.1) is 0 Å². The van der Waals surface area contributed by atoms with Crippen LogP contribution in [0.3, 0.4) is 0 Å². The van der Waals surface area contributed by atoms with E-state index in [4.69, 9.17) is 0 Å².